The van der Waals surface area contributed by atoms with Crippen molar-refractivity contribution in [3.05, 3.63) is 72.5 Å². The van der Waals surface area contributed by atoms with Gasteiger partial charge in [-0.15, -0.1) is 0 Å². The van der Waals surface area contributed by atoms with Crippen LogP contribution >= 0.6 is 35.3 Å². The molecule has 0 aliphatic heterocycles. The van der Waals surface area contributed by atoms with Gasteiger partial charge in [0.05, 0.1) is 0 Å². The molecule has 96 valence electrons. The van der Waals surface area contributed by atoms with E-state index in [2.05, 4.69) is 61.7 Å². The lowest BCUT2D eigenvalue weighted by Crippen LogP contribution is -1.76. The molecule has 0 saturated carbocycles. The molecule has 0 aromatic heterocycles. The number of benzene rings is 2. The Morgan fingerprint density at radius 1 is 0.684 bits per heavy atom. The highest BCUT2D eigenvalue weighted by Gasteiger charge is 2.00. The number of thioether (sulfide) groups is 2. The predicted octanol–water partition coefficient (Wildman–Crippen LogP) is 6.31. The van der Waals surface area contributed by atoms with E-state index in [1.807, 2.05) is 10.8 Å². The van der Waals surface area contributed by atoms with Crippen LogP contribution in [0.1, 0.15) is 0 Å². The standard InChI is InChI=1S/C16H14S3/c1-3-17-13-7-5-9-15(11-13)19-16-10-6-8-14(12-16)18-4-2/h3-12H,1-2H2. The van der Waals surface area contributed by atoms with E-state index in [0.29, 0.717) is 0 Å². The molecule has 3 heteroatoms. The lowest BCUT2D eigenvalue weighted by atomic mass is 10.4. The molecule has 19 heavy (non-hydrogen) atoms. The summed E-state index contributed by atoms with van der Waals surface area (Å²) in [6.45, 7) is 7.49. The second-order valence-electron chi connectivity index (χ2n) is 3.62. The van der Waals surface area contributed by atoms with Crippen LogP contribution in [0.5, 0.6) is 0 Å². The summed E-state index contributed by atoms with van der Waals surface area (Å²) in [5.74, 6) is 0. The lowest BCUT2D eigenvalue weighted by molar-refractivity contribution is 1.30. The van der Waals surface area contributed by atoms with E-state index in [4.69, 9.17) is 0 Å². The first-order chi connectivity index (χ1) is 9.31. The van der Waals surface area contributed by atoms with Crippen LogP contribution in [0.2, 0.25) is 0 Å². The van der Waals surface area contributed by atoms with Crippen molar-refractivity contribution >= 4 is 35.3 Å². The third-order valence-electron chi connectivity index (χ3n) is 2.29. The van der Waals surface area contributed by atoms with Crippen molar-refractivity contribution in [2.45, 2.75) is 19.6 Å². The molecule has 0 fully saturated rings. The summed E-state index contributed by atoms with van der Waals surface area (Å²) >= 11 is 5.06. The summed E-state index contributed by atoms with van der Waals surface area (Å²) in [7, 11) is 0. The topological polar surface area (TPSA) is 0 Å². The molecule has 0 amide bonds. The maximum atomic E-state index is 3.75. The zero-order valence-corrected chi connectivity index (χ0v) is 12.9. The Balaban J connectivity index is 2.15. The quantitative estimate of drug-likeness (QED) is 0.574. The van der Waals surface area contributed by atoms with Crippen LogP contribution in [-0.2, 0) is 0 Å². The molecule has 0 heterocycles. The number of hydrogen-bond donors (Lipinski definition) is 0. The van der Waals surface area contributed by atoms with Gasteiger partial charge in [0.2, 0.25) is 0 Å². The third-order valence-corrected chi connectivity index (χ3v) is 4.65. The van der Waals surface area contributed by atoms with Gasteiger partial charge in [-0.1, -0.05) is 60.6 Å². The number of hydrogen-bond acceptors (Lipinski definition) is 3. The van der Waals surface area contributed by atoms with Crippen molar-refractivity contribution in [3.63, 3.8) is 0 Å². The van der Waals surface area contributed by atoms with Gasteiger partial charge in [-0.2, -0.15) is 0 Å². The van der Waals surface area contributed by atoms with Crippen LogP contribution in [0.25, 0.3) is 0 Å². The highest BCUT2D eigenvalue weighted by Crippen LogP contribution is 2.32. The molecule has 0 saturated heterocycles. The molecule has 0 radical (unpaired) electrons. The van der Waals surface area contributed by atoms with Gasteiger partial charge < -0.3 is 0 Å². The van der Waals surface area contributed by atoms with E-state index in [9.17, 15) is 0 Å². The summed E-state index contributed by atoms with van der Waals surface area (Å²) in [6.07, 6.45) is 0. The van der Waals surface area contributed by atoms with Crippen LogP contribution in [-0.4, -0.2) is 0 Å². The summed E-state index contributed by atoms with van der Waals surface area (Å²) in [4.78, 5) is 4.92. The monoisotopic (exact) mass is 302 g/mol. The van der Waals surface area contributed by atoms with Crippen molar-refractivity contribution in [2.24, 2.45) is 0 Å². The Morgan fingerprint density at radius 2 is 1.11 bits per heavy atom. The van der Waals surface area contributed by atoms with Crippen LogP contribution in [0, 0.1) is 0 Å². The Morgan fingerprint density at radius 3 is 1.53 bits per heavy atom. The fraction of sp³-hybridized carbons (Fsp3) is 0. The van der Waals surface area contributed by atoms with Crippen molar-refractivity contribution in [3.8, 4) is 0 Å². The highest BCUT2D eigenvalue weighted by atomic mass is 32.2. The number of rotatable bonds is 6. The van der Waals surface area contributed by atoms with E-state index in [1.54, 1.807) is 35.3 Å². The molecule has 2 aromatic carbocycles. The smallest absolute Gasteiger partial charge is 0.0133 e. The largest absolute Gasteiger partial charge is 0.0987 e. The van der Waals surface area contributed by atoms with Gasteiger partial charge in [0.1, 0.15) is 0 Å². The van der Waals surface area contributed by atoms with Gasteiger partial charge in [0.15, 0.2) is 0 Å². The van der Waals surface area contributed by atoms with Gasteiger partial charge in [0, 0.05) is 19.6 Å². The average Bonchev–Trinajstić information content (AvgIpc) is 2.40. The van der Waals surface area contributed by atoms with E-state index < -0.39 is 0 Å². The molecule has 0 N–H and O–H groups in total. The average molecular weight is 302 g/mol. The normalized spacial score (nSPS) is 10.1. The zero-order valence-electron chi connectivity index (χ0n) is 10.4. The Bertz CT molecular complexity index is 524. The highest BCUT2D eigenvalue weighted by molar-refractivity contribution is 8.02. The molecular weight excluding hydrogens is 288 g/mol. The van der Waals surface area contributed by atoms with E-state index >= 15 is 0 Å². The second-order valence-corrected chi connectivity index (χ2v) is 6.85. The van der Waals surface area contributed by atoms with Gasteiger partial charge in [-0.25, -0.2) is 0 Å². The van der Waals surface area contributed by atoms with Crippen LogP contribution in [0.4, 0.5) is 0 Å². The van der Waals surface area contributed by atoms with Crippen molar-refractivity contribution in [1.82, 2.24) is 0 Å². The summed E-state index contributed by atoms with van der Waals surface area (Å²) in [5.41, 5.74) is 0. The van der Waals surface area contributed by atoms with Crippen LogP contribution in [0.3, 0.4) is 0 Å². The molecule has 0 aliphatic carbocycles. The first-order valence-corrected chi connectivity index (χ1v) is 8.32. The molecule has 0 atom stereocenters. The van der Waals surface area contributed by atoms with E-state index in [-0.39, 0.29) is 0 Å². The lowest BCUT2D eigenvalue weighted by Gasteiger charge is -2.05. The minimum absolute atomic E-state index is 1.22. The maximum absolute atomic E-state index is 3.75. The molecule has 0 nitrogen and oxygen atoms in total. The first kappa shape index (κ1) is 14.4. The van der Waals surface area contributed by atoms with Crippen LogP contribution in [0.15, 0.2) is 92.1 Å². The van der Waals surface area contributed by atoms with E-state index in [1.165, 1.54) is 19.6 Å². The second kappa shape index (κ2) is 7.53. The summed E-state index contributed by atoms with van der Waals surface area (Å²) in [6, 6.07) is 17.0. The Hall–Kier alpha value is -1.03. The van der Waals surface area contributed by atoms with Gasteiger partial charge in [-0.05, 0) is 47.2 Å². The SMILES string of the molecule is C=CSc1cccc(Sc2cccc(SC=C)c2)c1. The molecular formula is C16H14S3. The third kappa shape index (κ3) is 4.53. The molecule has 0 aliphatic rings. The molecule has 2 rings (SSSR count). The minimum atomic E-state index is 1.22. The summed E-state index contributed by atoms with van der Waals surface area (Å²) in [5, 5.41) is 3.70. The van der Waals surface area contributed by atoms with Gasteiger partial charge >= 0.3 is 0 Å². The van der Waals surface area contributed by atoms with E-state index in [0.717, 1.165) is 0 Å². The fourth-order valence-corrected chi connectivity index (χ4v) is 3.73. The Kier molecular flexibility index (Phi) is 5.70. The Labute approximate surface area is 127 Å². The van der Waals surface area contributed by atoms with Gasteiger partial charge in [0.25, 0.3) is 0 Å². The fourth-order valence-electron chi connectivity index (χ4n) is 1.55. The zero-order chi connectivity index (χ0) is 13.5. The van der Waals surface area contributed by atoms with Crippen molar-refractivity contribution < 1.29 is 0 Å². The summed E-state index contributed by atoms with van der Waals surface area (Å²) < 4.78 is 0. The molecule has 2 aromatic rings. The first-order valence-electron chi connectivity index (χ1n) is 5.75. The molecule has 0 unspecified atom stereocenters. The van der Waals surface area contributed by atoms with Crippen molar-refractivity contribution in [2.75, 3.05) is 0 Å². The van der Waals surface area contributed by atoms with Crippen LogP contribution < -0.4 is 0 Å². The van der Waals surface area contributed by atoms with Gasteiger partial charge in [-0.3, -0.25) is 0 Å². The van der Waals surface area contributed by atoms with Crippen molar-refractivity contribution in [1.29, 1.82) is 0 Å². The minimum Gasteiger partial charge on any atom is -0.0987 e. The predicted molar refractivity (Wildman–Crippen MR) is 89.1 cm³/mol. The maximum Gasteiger partial charge on any atom is 0.0133 e. The molecule has 0 spiro atoms. The molecule has 0 bridgehead atoms.